The number of aromatic nitrogens is 1. The monoisotopic (exact) mass is 503 g/mol. The molecule has 0 bridgehead atoms. The molecular weight excluding hydrogens is 478 g/mol. The van der Waals surface area contributed by atoms with Crippen LogP contribution in [0.1, 0.15) is 28.8 Å². The zero-order chi connectivity index (χ0) is 22.8. The number of nitrogens with zero attached hydrogens (tertiary/aromatic N) is 2. The summed E-state index contributed by atoms with van der Waals surface area (Å²) in [5.41, 5.74) is 4.28. The van der Waals surface area contributed by atoms with Crippen molar-refractivity contribution in [2.24, 2.45) is 0 Å². The van der Waals surface area contributed by atoms with Gasteiger partial charge in [-0.15, -0.1) is 0 Å². The molecule has 1 saturated heterocycles. The number of rotatable bonds is 6. The molecule has 0 aliphatic carbocycles. The Morgan fingerprint density at radius 3 is 2.00 bits per heavy atom. The van der Waals surface area contributed by atoms with Crippen LogP contribution in [0.25, 0.3) is 10.9 Å². The van der Waals surface area contributed by atoms with Gasteiger partial charge in [0.1, 0.15) is 6.04 Å². The molecule has 1 aromatic heterocycles. The topological polar surface area (TPSA) is 59.6 Å². The number of fused-ring (bicyclic) bond motifs is 1. The molecule has 6 heteroatoms. The number of nitrogens with one attached hydrogen (secondary N) is 1. The smallest absolute Gasteiger partial charge is 0.325 e. The molecular formula is C27H26BrN3O2. The summed E-state index contributed by atoms with van der Waals surface area (Å²) in [7, 11) is 0. The molecule has 0 radical (unpaired) electrons. The first-order valence-electron chi connectivity index (χ1n) is 11.2. The van der Waals surface area contributed by atoms with Crippen LogP contribution in [0.5, 0.6) is 0 Å². The summed E-state index contributed by atoms with van der Waals surface area (Å²) >= 11 is 3.49. The number of hydrogen-bond acceptors (Lipinski definition) is 3. The lowest BCUT2D eigenvalue weighted by Crippen LogP contribution is -2.50. The second-order valence-corrected chi connectivity index (χ2v) is 9.39. The van der Waals surface area contributed by atoms with Crippen molar-refractivity contribution in [3.8, 4) is 0 Å². The molecule has 3 aromatic carbocycles. The lowest BCUT2D eigenvalue weighted by molar-refractivity contribution is -0.144. The van der Waals surface area contributed by atoms with Gasteiger partial charge in [0.2, 0.25) is 0 Å². The maximum atomic E-state index is 12.4. The number of H-pyrrole nitrogens is 1. The van der Waals surface area contributed by atoms with E-state index < -0.39 is 12.0 Å². The maximum absolute atomic E-state index is 12.4. The Morgan fingerprint density at radius 1 is 0.848 bits per heavy atom. The minimum Gasteiger partial charge on any atom is -0.480 e. The van der Waals surface area contributed by atoms with Gasteiger partial charge in [0.25, 0.3) is 0 Å². The summed E-state index contributed by atoms with van der Waals surface area (Å²) in [5.74, 6) is -0.810. The van der Waals surface area contributed by atoms with Crippen LogP contribution >= 0.6 is 15.9 Å². The molecule has 0 spiro atoms. The third-order valence-electron chi connectivity index (χ3n) is 6.51. The Bertz CT molecular complexity index is 1190. The van der Waals surface area contributed by atoms with Crippen LogP contribution in [0.4, 0.5) is 0 Å². The van der Waals surface area contributed by atoms with Gasteiger partial charge < -0.3 is 10.1 Å². The molecule has 33 heavy (non-hydrogen) atoms. The van der Waals surface area contributed by atoms with Crippen LogP contribution in [0.3, 0.4) is 0 Å². The standard InChI is InChI=1S/C27H26BrN3O2/c28-21-11-12-22-23(18-29-24(22)17-21)26(27(32)33)31-15-13-30(14-16-31)25(19-7-3-1-4-8-19)20-9-5-2-6-10-20/h1-12,17-18,25-26,29H,13-16H2,(H,32,33)/t26-/m1/s1. The van der Waals surface area contributed by atoms with E-state index >= 15 is 0 Å². The summed E-state index contributed by atoms with van der Waals surface area (Å²) < 4.78 is 0.969. The van der Waals surface area contributed by atoms with Crippen molar-refractivity contribution >= 4 is 32.8 Å². The van der Waals surface area contributed by atoms with Crippen LogP contribution in [0.15, 0.2) is 89.5 Å². The molecule has 0 unspecified atom stereocenters. The number of benzene rings is 3. The Balaban J connectivity index is 1.40. The van der Waals surface area contributed by atoms with E-state index in [4.69, 9.17) is 0 Å². The fourth-order valence-electron chi connectivity index (χ4n) is 4.97. The molecule has 0 saturated carbocycles. The van der Waals surface area contributed by atoms with Crippen molar-refractivity contribution in [3.05, 3.63) is 106 Å². The molecule has 5 rings (SSSR count). The first-order chi connectivity index (χ1) is 16.1. The summed E-state index contributed by atoms with van der Waals surface area (Å²) in [6.45, 7) is 2.98. The molecule has 2 heterocycles. The molecule has 1 aliphatic heterocycles. The third-order valence-corrected chi connectivity index (χ3v) is 7.01. The predicted molar refractivity (Wildman–Crippen MR) is 134 cm³/mol. The van der Waals surface area contributed by atoms with Crippen LogP contribution in [-0.2, 0) is 4.79 Å². The van der Waals surface area contributed by atoms with Crippen LogP contribution < -0.4 is 0 Å². The van der Waals surface area contributed by atoms with Gasteiger partial charge in [0, 0.05) is 53.3 Å². The Hall–Kier alpha value is -2.93. The minimum absolute atomic E-state index is 0.156. The van der Waals surface area contributed by atoms with Crippen molar-refractivity contribution in [3.63, 3.8) is 0 Å². The third kappa shape index (κ3) is 4.47. The maximum Gasteiger partial charge on any atom is 0.325 e. The molecule has 5 nitrogen and oxygen atoms in total. The average Bonchev–Trinajstić information content (AvgIpc) is 3.24. The fraction of sp³-hybridized carbons (Fsp3) is 0.222. The van der Waals surface area contributed by atoms with Gasteiger partial charge in [-0.25, -0.2) is 0 Å². The summed E-state index contributed by atoms with van der Waals surface area (Å²) in [4.78, 5) is 20.2. The molecule has 4 aromatic rings. The van der Waals surface area contributed by atoms with Gasteiger partial charge in [-0.1, -0.05) is 82.7 Å². The first-order valence-corrected chi connectivity index (χ1v) is 12.0. The number of carboxylic acids is 1. The summed E-state index contributed by atoms with van der Waals surface area (Å²) in [5, 5.41) is 11.1. The molecule has 1 fully saturated rings. The quantitative estimate of drug-likeness (QED) is 0.366. The molecule has 1 aliphatic rings. The Kier molecular flexibility index (Phi) is 6.31. The van der Waals surface area contributed by atoms with Gasteiger partial charge in [-0.2, -0.15) is 0 Å². The number of hydrogen-bond donors (Lipinski definition) is 2. The van der Waals surface area contributed by atoms with Crippen molar-refractivity contribution in [1.82, 2.24) is 14.8 Å². The van der Waals surface area contributed by atoms with Crippen molar-refractivity contribution in [2.45, 2.75) is 12.1 Å². The number of carboxylic acid groups (broad SMARTS) is 1. The lowest BCUT2D eigenvalue weighted by atomic mass is 9.96. The molecule has 0 amide bonds. The molecule has 1 atom stereocenters. The average molecular weight is 504 g/mol. The van der Waals surface area contributed by atoms with Crippen LogP contribution in [0, 0.1) is 0 Å². The summed E-state index contributed by atoms with van der Waals surface area (Å²) in [6.07, 6.45) is 1.85. The van der Waals surface area contributed by atoms with Gasteiger partial charge in [-0.05, 0) is 23.3 Å². The second kappa shape index (κ2) is 9.51. The van der Waals surface area contributed by atoms with Crippen LogP contribution in [-0.4, -0.2) is 52.0 Å². The SMILES string of the molecule is O=C(O)[C@@H](c1c[nH]c2cc(Br)ccc12)N1CCN(C(c2ccccc2)c2ccccc2)CC1. The number of aliphatic carboxylic acids is 1. The number of carbonyl (C=O) groups is 1. The van der Waals surface area contributed by atoms with E-state index in [1.54, 1.807) is 0 Å². The number of halogens is 1. The Labute approximate surface area is 201 Å². The zero-order valence-corrected chi connectivity index (χ0v) is 19.8. The molecule has 168 valence electrons. The van der Waals surface area contributed by atoms with E-state index in [0.29, 0.717) is 13.1 Å². The van der Waals surface area contributed by atoms with E-state index in [-0.39, 0.29) is 6.04 Å². The second-order valence-electron chi connectivity index (χ2n) is 8.47. The highest BCUT2D eigenvalue weighted by Crippen LogP contribution is 2.34. The van der Waals surface area contributed by atoms with Gasteiger partial charge >= 0.3 is 5.97 Å². The minimum atomic E-state index is -0.810. The van der Waals surface area contributed by atoms with Gasteiger partial charge in [0.15, 0.2) is 0 Å². The highest BCUT2D eigenvalue weighted by molar-refractivity contribution is 9.10. The van der Waals surface area contributed by atoms with E-state index in [9.17, 15) is 9.90 Å². The highest BCUT2D eigenvalue weighted by Gasteiger charge is 2.34. The van der Waals surface area contributed by atoms with E-state index in [1.807, 2.05) is 36.5 Å². The number of aromatic amines is 1. The van der Waals surface area contributed by atoms with Crippen molar-refractivity contribution in [2.75, 3.05) is 26.2 Å². The Morgan fingerprint density at radius 2 is 1.42 bits per heavy atom. The van der Waals surface area contributed by atoms with Crippen molar-refractivity contribution < 1.29 is 9.90 Å². The highest BCUT2D eigenvalue weighted by atomic mass is 79.9. The van der Waals surface area contributed by atoms with E-state index in [1.165, 1.54) is 11.1 Å². The number of piperazine rings is 1. The van der Waals surface area contributed by atoms with Crippen molar-refractivity contribution in [1.29, 1.82) is 0 Å². The summed E-state index contributed by atoms with van der Waals surface area (Å²) in [6, 6.07) is 26.5. The van der Waals surface area contributed by atoms with Gasteiger partial charge in [-0.3, -0.25) is 14.6 Å². The van der Waals surface area contributed by atoms with E-state index in [2.05, 4.69) is 79.2 Å². The van der Waals surface area contributed by atoms with E-state index in [0.717, 1.165) is 34.0 Å². The molecule has 2 N–H and O–H groups in total. The van der Waals surface area contributed by atoms with Gasteiger partial charge in [0.05, 0.1) is 6.04 Å². The van der Waals surface area contributed by atoms with Crippen LogP contribution in [0.2, 0.25) is 0 Å². The fourth-order valence-corrected chi connectivity index (χ4v) is 5.33. The largest absolute Gasteiger partial charge is 0.480 e. The predicted octanol–water partition coefficient (Wildman–Crippen LogP) is 5.46. The normalized spacial score (nSPS) is 16.3. The first kappa shape index (κ1) is 21.9. The zero-order valence-electron chi connectivity index (χ0n) is 18.2. The lowest BCUT2D eigenvalue weighted by Gasteiger charge is -2.41.